The van der Waals surface area contributed by atoms with E-state index in [0.717, 1.165) is 16.6 Å². The Balaban J connectivity index is 1.82. The number of esters is 1. The average molecular weight is 349 g/mol. The number of nitrogens with zero attached hydrogens (tertiary/aromatic N) is 1. The van der Waals surface area contributed by atoms with Crippen LogP contribution in [0.4, 0.5) is 0 Å². The summed E-state index contributed by atoms with van der Waals surface area (Å²) in [6.07, 6.45) is 0.814. The second-order valence-electron chi connectivity index (χ2n) is 5.19. The number of thiazole rings is 1. The van der Waals surface area contributed by atoms with E-state index in [0.29, 0.717) is 12.1 Å². The summed E-state index contributed by atoms with van der Waals surface area (Å²) >= 11 is 1.42. The van der Waals surface area contributed by atoms with E-state index in [2.05, 4.69) is 15.6 Å². The van der Waals surface area contributed by atoms with Crippen LogP contribution in [-0.2, 0) is 14.3 Å². The summed E-state index contributed by atoms with van der Waals surface area (Å²) < 4.78 is 5.85. The highest BCUT2D eigenvalue weighted by Gasteiger charge is 2.16. The van der Waals surface area contributed by atoms with Crippen molar-refractivity contribution < 1.29 is 19.1 Å². The van der Waals surface area contributed by atoms with Crippen molar-refractivity contribution in [2.24, 2.45) is 0 Å². The van der Waals surface area contributed by atoms with Crippen LogP contribution in [0.1, 0.15) is 30.6 Å². The molecule has 0 aliphatic carbocycles. The number of ether oxygens (including phenoxy) is 1. The number of aromatic nitrogens is 1. The zero-order valence-electron chi connectivity index (χ0n) is 13.5. The molecule has 24 heavy (non-hydrogen) atoms. The number of hydrogen-bond acceptors (Lipinski definition) is 6. The molecular weight excluding hydrogens is 330 g/mol. The van der Waals surface area contributed by atoms with Gasteiger partial charge in [0.1, 0.15) is 6.04 Å². The highest BCUT2D eigenvalue weighted by molar-refractivity contribution is 7.16. The summed E-state index contributed by atoms with van der Waals surface area (Å²) in [4.78, 5) is 39.5. The van der Waals surface area contributed by atoms with E-state index in [1.54, 1.807) is 30.6 Å². The van der Waals surface area contributed by atoms with Gasteiger partial charge in [-0.25, -0.2) is 9.78 Å². The van der Waals surface area contributed by atoms with Crippen LogP contribution in [0.3, 0.4) is 0 Å². The number of carbonyl (C=O) groups excluding carboxylic acids is 3. The molecule has 0 aliphatic rings. The van der Waals surface area contributed by atoms with Gasteiger partial charge in [0, 0.05) is 6.54 Å². The van der Waals surface area contributed by atoms with Crippen molar-refractivity contribution >= 4 is 39.3 Å². The monoisotopic (exact) mass is 349 g/mol. The van der Waals surface area contributed by atoms with E-state index < -0.39 is 24.5 Å². The molecule has 0 aliphatic heterocycles. The van der Waals surface area contributed by atoms with Crippen LogP contribution < -0.4 is 10.6 Å². The first kappa shape index (κ1) is 17.9. The predicted octanol–water partition coefficient (Wildman–Crippen LogP) is 1.48. The predicted molar refractivity (Wildman–Crippen MR) is 90.8 cm³/mol. The zero-order valence-corrected chi connectivity index (χ0v) is 14.3. The highest BCUT2D eigenvalue weighted by atomic mass is 32.1. The number of rotatable bonds is 7. The zero-order chi connectivity index (χ0) is 17.5. The highest BCUT2D eigenvalue weighted by Crippen LogP contribution is 2.19. The summed E-state index contributed by atoms with van der Waals surface area (Å²) in [5, 5.41) is 5.16. The van der Waals surface area contributed by atoms with Gasteiger partial charge >= 0.3 is 5.97 Å². The maximum atomic E-state index is 12.0. The molecule has 1 aromatic carbocycles. The summed E-state index contributed by atoms with van der Waals surface area (Å²) in [7, 11) is 0. The molecule has 2 rings (SSSR count). The maximum absolute atomic E-state index is 12.0. The van der Waals surface area contributed by atoms with E-state index in [1.807, 2.05) is 6.92 Å². The van der Waals surface area contributed by atoms with Crippen molar-refractivity contribution in [1.82, 2.24) is 15.6 Å². The Kier molecular flexibility index (Phi) is 6.25. The van der Waals surface area contributed by atoms with Crippen LogP contribution in [0.15, 0.2) is 23.7 Å². The third kappa shape index (κ3) is 4.76. The third-order valence-corrected chi connectivity index (χ3v) is 4.01. The summed E-state index contributed by atoms with van der Waals surface area (Å²) in [6.45, 7) is 3.62. The number of amides is 2. The Morgan fingerprint density at radius 2 is 2.12 bits per heavy atom. The maximum Gasteiger partial charge on any atom is 0.338 e. The molecule has 1 heterocycles. The third-order valence-electron chi connectivity index (χ3n) is 3.22. The van der Waals surface area contributed by atoms with Crippen LogP contribution in [0.25, 0.3) is 10.2 Å². The van der Waals surface area contributed by atoms with Crippen molar-refractivity contribution in [2.75, 3.05) is 13.2 Å². The minimum atomic E-state index is -0.684. The molecule has 0 spiro atoms. The van der Waals surface area contributed by atoms with E-state index in [4.69, 9.17) is 4.74 Å². The Bertz CT molecular complexity index is 744. The minimum absolute atomic E-state index is 0.271. The van der Waals surface area contributed by atoms with Crippen molar-refractivity contribution in [2.45, 2.75) is 26.3 Å². The van der Waals surface area contributed by atoms with Gasteiger partial charge in [-0.3, -0.25) is 9.59 Å². The summed E-state index contributed by atoms with van der Waals surface area (Å²) in [6, 6.07) is 4.32. The topological polar surface area (TPSA) is 97.4 Å². The molecular formula is C16H19N3O4S. The normalized spacial score (nSPS) is 11.8. The first-order chi connectivity index (χ1) is 11.5. The van der Waals surface area contributed by atoms with Gasteiger partial charge in [-0.15, -0.1) is 11.3 Å². The molecule has 1 atom stereocenters. The molecule has 2 aromatic rings. The van der Waals surface area contributed by atoms with Crippen LogP contribution in [0.5, 0.6) is 0 Å². The number of fused-ring (bicyclic) bond motifs is 1. The molecule has 0 saturated heterocycles. The van der Waals surface area contributed by atoms with Gasteiger partial charge in [0.25, 0.3) is 5.91 Å². The fourth-order valence-electron chi connectivity index (χ4n) is 1.95. The van der Waals surface area contributed by atoms with Gasteiger partial charge in [-0.1, -0.05) is 6.92 Å². The standard InChI is InChI=1S/C16H19N3O4S/c1-3-6-17-15(21)10(2)19-14(20)8-23-16(22)11-4-5-12-13(7-11)24-9-18-12/h4-5,7,9-10H,3,6,8H2,1-2H3,(H,17,21)(H,19,20)/t10-/m1/s1. The number of hydrogen-bond donors (Lipinski definition) is 2. The average Bonchev–Trinajstić information content (AvgIpc) is 3.04. The van der Waals surface area contributed by atoms with Crippen LogP contribution in [-0.4, -0.2) is 42.0 Å². The molecule has 1 aromatic heterocycles. The first-order valence-corrected chi connectivity index (χ1v) is 8.46. The van der Waals surface area contributed by atoms with Crippen LogP contribution in [0, 0.1) is 0 Å². The lowest BCUT2D eigenvalue weighted by molar-refractivity contribution is -0.130. The van der Waals surface area contributed by atoms with Crippen molar-refractivity contribution in [3.63, 3.8) is 0 Å². The molecule has 2 amide bonds. The van der Waals surface area contributed by atoms with Gasteiger partial charge in [0.15, 0.2) is 6.61 Å². The van der Waals surface area contributed by atoms with Gasteiger partial charge in [-0.2, -0.15) is 0 Å². The lowest BCUT2D eigenvalue weighted by Gasteiger charge is -2.13. The van der Waals surface area contributed by atoms with Gasteiger partial charge in [0.05, 0.1) is 21.3 Å². The van der Waals surface area contributed by atoms with E-state index >= 15 is 0 Å². The second kappa shape index (κ2) is 8.39. The Labute approximate surface area is 143 Å². The Hall–Kier alpha value is -2.48. The molecule has 0 saturated carbocycles. The van der Waals surface area contributed by atoms with Crippen molar-refractivity contribution in [3.8, 4) is 0 Å². The smallest absolute Gasteiger partial charge is 0.338 e. The fourth-order valence-corrected chi connectivity index (χ4v) is 2.66. The molecule has 0 unspecified atom stereocenters. The fraction of sp³-hybridized carbons (Fsp3) is 0.375. The SMILES string of the molecule is CCCNC(=O)[C@@H](C)NC(=O)COC(=O)c1ccc2ncsc2c1. The molecule has 7 nitrogen and oxygen atoms in total. The number of nitrogens with one attached hydrogen (secondary N) is 2. The van der Waals surface area contributed by atoms with E-state index in [1.165, 1.54) is 11.3 Å². The van der Waals surface area contributed by atoms with Gasteiger partial charge < -0.3 is 15.4 Å². The van der Waals surface area contributed by atoms with E-state index in [-0.39, 0.29) is 5.91 Å². The summed E-state index contributed by atoms with van der Waals surface area (Å²) in [5.74, 6) is -1.39. The molecule has 0 radical (unpaired) electrons. The molecule has 128 valence electrons. The molecule has 0 bridgehead atoms. The van der Waals surface area contributed by atoms with Crippen molar-refractivity contribution in [3.05, 3.63) is 29.3 Å². The van der Waals surface area contributed by atoms with Crippen LogP contribution in [0.2, 0.25) is 0 Å². The summed E-state index contributed by atoms with van der Waals surface area (Å²) in [5.41, 5.74) is 2.85. The molecule has 2 N–H and O–H groups in total. The van der Waals surface area contributed by atoms with Crippen LogP contribution >= 0.6 is 11.3 Å². The largest absolute Gasteiger partial charge is 0.452 e. The first-order valence-electron chi connectivity index (χ1n) is 7.58. The van der Waals surface area contributed by atoms with Gasteiger partial charge in [0.2, 0.25) is 5.91 Å². The van der Waals surface area contributed by atoms with Crippen molar-refractivity contribution in [1.29, 1.82) is 0 Å². The Morgan fingerprint density at radius 3 is 2.88 bits per heavy atom. The lowest BCUT2D eigenvalue weighted by Crippen LogP contribution is -2.46. The molecule has 8 heteroatoms. The minimum Gasteiger partial charge on any atom is -0.452 e. The Morgan fingerprint density at radius 1 is 1.33 bits per heavy atom. The molecule has 0 fully saturated rings. The van der Waals surface area contributed by atoms with Gasteiger partial charge in [-0.05, 0) is 31.5 Å². The quantitative estimate of drug-likeness (QED) is 0.738. The second-order valence-corrected chi connectivity index (χ2v) is 6.08. The lowest BCUT2D eigenvalue weighted by atomic mass is 10.2. The number of carbonyl (C=O) groups is 3. The number of benzene rings is 1. The van der Waals surface area contributed by atoms with E-state index in [9.17, 15) is 14.4 Å².